The molecule has 0 heterocycles. The van der Waals surface area contributed by atoms with E-state index in [1.54, 1.807) is 60.7 Å². The number of ether oxygens (including phenoxy) is 2. The number of hydrogen-bond donors (Lipinski definition) is 3. The molecule has 0 saturated carbocycles. The maximum Gasteiger partial charge on any atom is 0.261 e. The van der Waals surface area contributed by atoms with Gasteiger partial charge in [-0.25, -0.2) is 8.42 Å². The number of sulfonamides is 1. The minimum Gasteiger partial charge on any atom is -0.497 e. The predicted molar refractivity (Wildman–Crippen MR) is 136 cm³/mol. The number of hydrogen-bond acceptors (Lipinski definition) is 6. The zero-order valence-corrected chi connectivity index (χ0v) is 20.5. The summed E-state index contributed by atoms with van der Waals surface area (Å²) in [5.41, 5.74) is 1.36. The van der Waals surface area contributed by atoms with Crippen molar-refractivity contribution in [2.45, 2.75) is 24.8 Å². The van der Waals surface area contributed by atoms with Crippen molar-refractivity contribution in [2.24, 2.45) is 0 Å². The highest BCUT2D eigenvalue weighted by atomic mass is 32.2. The van der Waals surface area contributed by atoms with E-state index < -0.39 is 10.0 Å². The first-order valence-electron chi connectivity index (χ1n) is 10.3. The van der Waals surface area contributed by atoms with Crippen molar-refractivity contribution in [3.8, 4) is 11.5 Å². The largest absolute Gasteiger partial charge is 0.497 e. The third-order valence-corrected chi connectivity index (χ3v) is 6.08. The molecule has 0 atom stereocenters. The molecule has 3 aromatic carbocycles. The molecule has 1 amide bonds. The summed E-state index contributed by atoms with van der Waals surface area (Å²) < 4.78 is 38.4. The van der Waals surface area contributed by atoms with Crippen LogP contribution in [0.1, 0.15) is 24.2 Å². The van der Waals surface area contributed by atoms with Crippen LogP contribution in [0.15, 0.2) is 77.7 Å². The lowest BCUT2D eigenvalue weighted by Gasteiger charge is -2.12. The summed E-state index contributed by atoms with van der Waals surface area (Å²) in [7, 11) is -2.24. The molecule has 0 aromatic heterocycles. The summed E-state index contributed by atoms with van der Waals surface area (Å²) in [6, 6.07) is 19.2. The molecule has 0 unspecified atom stereocenters. The van der Waals surface area contributed by atoms with Crippen LogP contribution in [0.25, 0.3) is 0 Å². The van der Waals surface area contributed by atoms with Crippen molar-refractivity contribution in [1.29, 1.82) is 0 Å². The van der Waals surface area contributed by atoms with Crippen LogP contribution in [0.5, 0.6) is 11.5 Å². The molecule has 0 aliphatic rings. The lowest BCUT2D eigenvalue weighted by Crippen LogP contribution is -2.34. The summed E-state index contributed by atoms with van der Waals surface area (Å²) in [4.78, 5) is 12.5. The van der Waals surface area contributed by atoms with Crippen LogP contribution in [-0.4, -0.2) is 32.7 Å². The van der Waals surface area contributed by atoms with Gasteiger partial charge in [-0.3, -0.25) is 14.8 Å². The fraction of sp³-hybridized carbons (Fsp3) is 0.167. The monoisotopic (exact) mass is 499 g/mol. The van der Waals surface area contributed by atoms with Gasteiger partial charge in [-0.1, -0.05) is 0 Å². The molecule has 0 aliphatic carbocycles. The number of methoxy groups -OCH3 is 1. The SMILES string of the molecule is COc1ccc(NS(=O)(=O)c2ccc(NC(=S)NC(=O)c3ccc(OC(C)C)cc3)cc2)cc1. The van der Waals surface area contributed by atoms with Gasteiger partial charge in [-0.2, -0.15) is 0 Å². The van der Waals surface area contributed by atoms with Crippen LogP contribution in [0.4, 0.5) is 11.4 Å². The quantitative estimate of drug-likeness (QED) is 0.394. The molecule has 0 saturated heterocycles. The second kappa shape index (κ2) is 11.0. The Morgan fingerprint density at radius 3 is 1.97 bits per heavy atom. The molecule has 8 nitrogen and oxygen atoms in total. The van der Waals surface area contributed by atoms with E-state index in [2.05, 4.69) is 15.4 Å². The van der Waals surface area contributed by atoms with Crippen molar-refractivity contribution in [1.82, 2.24) is 5.32 Å². The van der Waals surface area contributed by atoms with Gasteiger partial charge < -0.3 is 14.8 Å². The molecule has 3 aromatic rings. The van der Waals surface area contributed by atoms with E-state index in [-0.39, 0.29) is 22.0 Å². The number of carbonyl (C=O) groups excluding carboxylic acids is 1. The standard InChI is InChI=1S/C24H25N3O5S2/c1-16(2)32-21-10-4-17(5-11-21)23(28)26-24(33)25-18-8-14-22(15-9-18)34(29,30)27-19-6-12-20(31-3)13-7-19/h4-16,27H,1-3H3,(H2,25,26,28,33). The summed E-state index contributed by atoms with van der Waals surface area (Å²) in [5.74, 6) is 0.916. The Bertz CT molecular complexity index is 1240. The maximum absolute atomic E-state index is 12.6. The molecular formula is C24H25N3O5S2. The van der Waals surface area contributed by atoms with E-state index in [4.69, 9.17) is 21.7 Å². The van der Waals surface area contributed by atoms with Crippen molar-refractivity contribution in [3.63, 3.8) is 0 Å². The second-order valence-electron chi connectivity index (χ2n) is 7.46. The van der Waals surface area contributed by atoms with E-state index in [9.17, 15) is 13.2 Å². The van der Waals surface area contributed by atoms with Crippen LogP contribution < -0.4 is 24.8 Å². The van der Waals surface area contributed by atoms with Crippen molar-refractivity contribution in [3.05, 3.63) is 78.4 Å². The van der Waals surface area contributed by atoms with Crippen LogP contribution in [-0.2, 0) is 10.0 Å². The van der Waals surface area contributed by atoms with E-state index >= 15 is 0 Å². The van der Waals surface area contributed by atoms with Gasteiger partial charge in [0, 0.05) is 16.9 Å². The fourth-order valence-corrected chi connectivity index (χ4v) is 4.15. The Morgan fingerprint density at radius 1 is 0.853 bits per heavy atom. The number of amides is 1. The average molecular weight is 500 g/mol. The molecule has 34 heavy (non-hydrogen) atoms. The minimum absolute atomic E-state index is 0.0380. The van der Waals surface area contributed by atoms with Crippen molar-refractivity contribution >= 4 is 44.6 Å². The van der Waals surface area contributed by atoms with E-state index in [1.807, 2.05) is 13.8 Å². The topological polar surface area (TPSA) is 106 Å². The summed E-state index contributed by atoms with van der Waals surface area (Å²) in [5, 5.41) is 5.54. The molecular weight excluding hydrogens is 474 g/mol. The number of thiocarbonyl (C=S) groups is 1. The lowest BCUT2D eigenvalue weighted by atomic mass is 10.2. The number of nitrogens with one attached hydrogen (secondary N) is 3. The molecule has 0 radical (unpaired) electrons. The Balaban J connectivity index is 1.57. The van der Waals surface area contributed by atoms with Gasteiger partial charge in [0.25, 0.3) is 15.9 Å². The normalized spacial score (nSPS) is 10.9. The van der Waals surface area contributed by atoms with Crippen LogP contribution in [0.3, 0.4) is 0 Å². The third kappa shape index (κ3) is 6.93. The van der Waals surface area contributed by atoms with Crippen LogP contribution in [0.2, 0.25) is 0 Å². The van der Waals surface area contributed by atoms with Gasteiger partial charge in [0.2, 0.25) is 0 Å². The highest BCUT2D eigenvalue weighted by Crippen LogP contribution is 2.20. The molecule has 3 rings (SSSR count). The van der Waals surface area contributed by atoms with E-state index in [0.717, 1.165) is 0 Å². The molecule has 0 fully saturated rings. The first kappa shape index (κ1) is 25.0. The zero-order chi connectivity index (χ0) is 24.7. The first-order valence-corrected chi connectivity index (χ1v) is 12.2. The summed E-state index contributed by atoms with van der Waals surface area (Å²) in [6.45, 7) is 3.84. The molecule has 0 spiro atoms. The first-order chi connectivity index (χ1) is 16.2. The van der Waals surface area contributed by atoms with E-state index in [0.29, 0.717) is 28.4 Å². The van der Waals surface area contributed by atoms with Gasteiger partial charge in [0.15, 0.2) is 5.11 Å². The highest BCUT2D eigenvalue weighted by molar-refractivity contribution is 7.92. The van der Waals surface area contributed by atoms with E-state index in [1.165, 1.54) is 19.2 Å². The number of rotatable bonds is 8. The highest BCUT2D eigenvalue weighted by Gasteiger charge is 2.15. The van der Waals surface area contributed by atoms with Gasteiger partial charge in [-0.05, 0) is 98.9 Å². The van der Waals surface area contributed by atoms with Gasteiger partial charge in [0.05, 0.1) is 18.1 Å². The molecule has 0 bridgehead atoms. The van der Waals surface area contributed by atoms with Crippen LogP contribution in [0, 0.1) is 0 Å². The van der Waals surface area contributed by atoms with Gasteiger partial charge in [0.1, 0.15) is 11.5 Å². The number of carbonyl (C=O) groups is 1. The third-order valence-electron chi connectivity index (χ3n) is 4.48. The van der Waals surface area contributed by atoms with Crippen molar-refractivity contribution < 1.29 is 22.7 Å². The predicted octanol–water partition coefficient (Wildman–Crippen LogP) is 4.41. The molecule has 0 aliphatic heterocycles. The lowest BCUT2D eigenvalue weighted by molar-refractivity contribution is 0.0977. The maximum atomic E-state index is 12.6. The number of benzene rings is 3. The Hall–Kier alpha value is -3.63. The Kier molecular flexibility index (Phi) is 8.08. The smallest absolute Gasteiger partial charge is 0.261 e. The zero-order valence-electron chi connectivity index (χ0n) is 18.9. The average Bonchev–Trinajstić information content (AvgIpc) is 2.79. The van der Waals surface area contributed by atoms with Gasteiger partial charge >= 0.3 is 0 Å². The van der Waals surface area contributed by atoms with Crippen molar-refractivity contribution in [2.75, 3.05) is 17.1 Å². The summed E-state index contributed by atoms with van der Waals surface area (Å²) in [6.07, 6.45) is 0.0380. The minimum atomic E-state index is -3.78. The van der Waals surface area contributed by atoms with Crippen LogP contribution >= 0.6 is 12.2 Å². The number of anilines is 2. The molecule has 3 N–H and O–H groups in total. The Morgan fingerprint density at radius 2 is 1.41 bits per heavy atom. The summed E-state index contributed by atoms with van der Waals surface area (Å²) >= 11 is 5.20. The molecule has 178 valence electrons. The van der Waals surface area contributed by atoms with Gasteiger partial charge in [-0.15, -0.1) is 0 Å². The molecule has 10 heteroatoms. The Labute approximate surface area is 204 Å². The second-order valence-corrected chi connectivity index (χ2v) is 9.55. The fourth-order valence-electron chi connectivity index (χ4n) is 2.89.